The molecular weight excluding hydrogens is 492 g/mol. The molecule has 38 heavy (non-hydrogen) atoms. The maximum Gasteiger partial charge on any atom is 0.161 e. The van der Waals surface area contributed by atoms with Crippen LogP contribution in [-0.2, 0) is 28.4 Å². The molecule has 4 N–H and O–H groups in total. The monoisotopic (exact) mass is 542 g/mol. The minimum atomic E-state index is -0.931. The topological polar surface area (TPSA) is 125 Å². The molecule has 0 bridgehead atoms. The average Bonchev–Trinajstić information content (AvgIpc) is 2.72. The van der Waals surface area contributed by atoms with Crippen molar-refractivity contribution in [2.45, 2.75) is 144 Å². The van der Waals surface area contributed by atoms with Crippen molar-refractivity contribution in [2.24, 2.45) is 0 Å². The van der Waals surface area contributed by atoms with Crippen LogP contribution in [0.25, 0.3) is 0 Å². The van der Waals surface area contributed by atoms with Gasteiger partial charge in [0.05, 0.1) is 6.10 Å². The number of rotatable bonds is 14. The van der Waals surface area contributed by atoms with Gasteiger partial charge in [-0.2, -0.15) is 0 Å². The first-order valence-corrected chi connectivity index (χ1v) is 13.5. The number of ether oxygens (including phenoxy) is 6. The number of benzene rings is 1. The lowest BCUT2D eigenvalue weighted by molar-refractivity contribution is -0.280. The molecule has 10 nitrogen and oxygen atoms in total. The molecule has 1 aromatic carbocycles. The molecule has 220 valence electrons. The fourth-order valence-corrected chi connectivity index (χ4v) is 5.37. The number of hydrogen-bond acceptors (Lipinski definition) is 10. The standard InChI is InChI=1S/C28H50N2O8/c1-15-12-27-24(13-26(15)29)25(16(2)33-20(6)37-22(8)35-18(4)31)14-28(10,11)30(27)17(3)34-21(7)38-23(9)36-19(5)32/h12-13,16-23,25,31-32H,14,29H2,1-11H3. The number of anilines is 2. The van der Waals surface area contributed by atoms with Gasteiger partial charge in [0.1, 0.15) is 6.23 Å². The van der Waals surface area contributed by atoms with E-state index in [4.69, 9.17) is 34.2 Å². The van der Waals surface area contributed by atoms with Crippen LogP contribution in [0, 0.1) is 6.92 Å². The average molecular weight is 543 g/mol. The molecule has 0 fully saturated rings. The Hall–Kier alpha value is -1.50. The Morgan fingerprint density at radius 2 is 1.26 bits per heavy atom. The zero-order chi connectivity index (χ0) is 28.9. The van der Waals surface area contributed by atoms with Gasteiger partial charge in [0.25, 0.3) is 0 Å². The normalized spacial score (nSPS) is 23.6. The van der Waals surface area contributed by atoms with Crippen LogP contribution in [0.3, 0.4) is 0 Å². The van der Waals surface area contributed by atoms with E-state index in [0.717, 1.165) is 28.9 Å². The van der Waals surface area contributed by atoms with Gasteiger partial charge in [0, 0.05) is 22.8 Å². The minimum Gasteiger partial charge on any atom is -0.399 e. The van der Waals surface area contributed by atoms with Gasteiger partial charge in [0.2, 0.25) is 0 Å². The van der Waals surface area contributed by atoms with Gasteiger partial charge in [-0.1, -0.05) is 0 Å². The highest BCUT2D eigenvalue weighted by Crippen LogP contribution is 2.48. The van der Waals surface area contributed by atoms with Crippen LogP contribution in [-0.4, -0.2) is 65.8 Å². The van der Waals surface area contributed by atoms with Crippen molar-refractivity contribution in [1.82, 2.24) is 0 Å². The lowest BCUT2D eigenvalue weighted by atomic mass is 9.76. The van der Waals surface area contributed by atoms with Gasteiger partial charge in [-0.05, 0) is 106 Å². The van der Waals surface area contributed by atoms with E-state index in [1.807, 2.05) is 40.7 Å². The SMILES string of the molecule is Cc1cc2c(cc1N)C(C(C)OC(C)OC(C)OC(C)O)CC(C)(C)N2C(C)OC(C)OC(C)OC(C)O. The van der Waals surface area contributed by atoms with Crippen LogP contribution in [0.5, 0.6) is 0 Å². The van der Waals surface area contributed by atoms with Crippen molar-refractivity contribution in [2.75, 3.05) is 10.6 Å². The molecule has 1 aromatic rings. The highest BCUT2D eigenvalue weighted by molar-refractivity contribution is 5.67. The van der Waals surface area contributed by atoms with Gasteiger partial charge >= 0.3 is 0 Å². The molecule has 0 aromatic heterocycles. The summed E-state index contributed by atoms with van der Waals surface area (Å²) in [4.78, 5) is 2.26. The van der Waals surface area contributed by atoms with Crippen molar-refractivity contribution in [3.05, 3.63) is 23.3 Å². The molecule has 0 radical (unpaired) electrons. The smallest absolute Gasteiger partial charge is 0.161 e. The van der Waals surface area contributed by atoms with Crippen molar-refractivity contribution in [3.8, 4) is 0 Å². The first kappa shape index (κ1) is 32.7. The van der Waals surface area contributed by atoms with E-state index in [2.05, 4.69) is 24.8 Å². The Labute approximate surface area is 228 Å². The second-order valence-corrected chi connectivity index (χ2v) is 10.9. The number of fused-ring (bicyclic) bond motifs is 1. The van der Waals surface area contributed by atoms with Crippen molar-refractivity contribution >= 4 is 11.4 Å². The molecule has 0 amide bonds. The maximum atomic E-state index is 9.45. The highest BCUT2D eigenvalue weighted by Gasteiger charge is 2.43. The van der Waals surface area contributed by atoms with Crippen molar-refractivity contribution in [3.63, 3.8) is 0 Å². The molecule has 1 aliphatic rings. The third-order valence-corrected chi connectivity index (χ3v) is 6.71. The highest BCUT2D eigenvalue weighted by atomic mass is 16.8. The lowest BCUT2D eigenvalue weighted by Gasteiger charge is -2.52. The second-order valence-electron chi connectivity index (χ2n) is 10.9. The third kappa shape index (κ3) is 9.02. The van der Waals surface area contributed by atoms with Crippen LogP contribution in [0.2, 0.25) is 0 Å². The molecule has 2 rings (SSSR count). The number of aryl methyl sites for hydroxylation is 1. The predicted molar refractivity (Wildman–Crippen MR) is 146 cm³/mol. The summed E-state index contributed by atoms with van der Waals surface area (Å²) in [7, 11) is 0. The van der Waals surface area contributed by atoms with Gasteiger partial charge in [-0.15, -0.1) is 0 Å². The fourth-order valence-electron chi connectivity index (χ4n) is 5.37. The largest absolute Gasteiger partial charge is 0.399 e. The van der Waals surface area contributed by atoms with Gasteiger partial charge in [0.15, 0.2) is 37.7 Å². The van der Waals surface area contributed by atoms with Gasteiger partial charge in [-0.3, -0.25) is 0 Å². The maximum absolute atomic E-state index is 9.45. The number of nitrogen functional groups attached to an aromatic ring is 1. The van der Waals surface area contributed by atoms with E-state index in [-0.39, 0.29) is 23.8 Å². The van der Waals surface area contributed by atoms with Gasteiger partial charge in [-0.25, -0.2) is 0 Å². The third-order valence-electron chi connectivity index (χ3n) is 6.71. The van der Waals surface area contributed by atoms with E-state index in [1.54, 1.807) is 13.8 Å². The van der Waals surface area contributed by atoms with Gasteiger partial charge < -0.3 is 49.3 Å². The Morgan fingerprint density at radius 1 is 0.789 bits per heavy atom. The summed E-state index contributed by atoms with van der Waals surface area (Å²) < 4.78 is 34.6. The first-order valence-electron chi connectivity index (χ1n) is 13.5. The summed E-state index contributed by atoms with van der Waals surface area (Å²) >= 11 is 0. The summed E-state index contributed by atoms with van der Waals surface area (Å²) in [5.74, 6) is 0.0403. The minimum absolute atomic E-state index is 0.0403. The number of aliphatic hydroxyl groups excluding tert-OH is 2. The zero-order valence-corrected chi connectivity index (χ0v) is 24.9. The summed E-state index contributed by atoms with van der Waals surface area (Å²) in [6.07, 6.45) is -3.96. The Morgan fingerprint density at radius 3 is 1.76 bits per heavy atom. The summed E-state index contributed by atoms with van der Waals surface area (Å²) in [6, 6.07) is 4.14. The lowest BCUT2D eigenvalue weighted by Crippen LogP contribution is -2.55. The molecule has 1 aliphatic heterocycles. The van der Waals surface area contributed by atoms with Crippen LogP contribution in [0.1, 0.15) is 92.7 Å². The Kier molecular flexibility index (Phi) is 11.8. The van der Waals surface area contributed by atoms with Crippen LogP contribution in [0.15, 0.2) is 12.1 Å². The van der Waals surface area contributed by atoms with Crippen LogP contribution in [0.4, 0.5) is 11.4 Å². The van der Waals surface area contributed by atoms with E-state index < -0.39 is 37.7 Å². The number of hydrogen-bond donors (Lipinski definition) is 3. The summed E-state index contributed by atoms with van der Waals surface area (Å²) in [5.41, 5.74) is 9.88. The molecule has 10 heteroatoms. The Balaban J connectivity index is 2.28. The molecule has 0 spiro atoms. The van der Waals surface area contributed by atoms with Crippen molar-refractivity contribution in [1.29, 1.82) is 0 Å². The predicted octanol–water partition coefficient (Wildman–Crippen LogP) is 4.54. The van der Waals surface area contributed by atoms with E-state index in [9.17, 15) is 10.2 Å². The summed E-state index contributed by atoms with van der Waals surface area (Å²) in [6.45, 7) is 20.5. The molecule has 0 saturated heterocycles. The number of nitrogens with two attached hydrogens (primary N) is 1. The van der Waals surface area contributed by atoms with Crippen molar-refractivity contribution < 1.29 is 38.6 Å². The molecule has 9 unspecified atom stereocenters. The molecular formula is C28H50N2O8. The summed E-state index contributed by atoms with van der Waals surface area (Å²) in [5, 5.41) is 18.9. The number of nitrogens with zero attached hydrogens (tertiary/aromatic N) is 1. The fraction of sp³-hybridized carbons (Fsp3) is 0.786. The van der Waals surface area contributed by atoms with E-state index in [0.29, 0.717) is 0 Å². The second kappa shape index (κ2) is 13.7. The number of aliphatic hydroxyl groups is 2. The zero-order valence-electron chi connectivity index (χ0n) is 24.9. The quantitative estimate of drug-likeness (QED) is 0.228. The first-order chi connectivity index (χ1) is 17.5. The van der Waals surface area contributed by atoms with E-state index >= 15 is 0 Å². The van der Waals surface area contributed by atoms with Crippen LogP contribution < -0.4 is 10.6 Å². The molecule has 1 heterocycles. The Bertz CT molecular complexity index is 881. The van der Waals surface area contributed by atoms with Crippen LogP contribution >= 0.6 is 0 Å². The molecule has 0 aliphatic carbocycles. The molecule has 0 saturated carbocycles. The molecule has 9 atom stereocenters. The van der Waals surface area contributed by atoms with E-state index in [1.165, 1.54) is 13.8 Å².